The number of imide groups is 1. The maximum atomic E-state index is 12.0. The van der Waals surface area contributed by atoms with Crippen molar-refractivity contribution in [1.82, 2.24) is 20.8 Å². The lowest BCUT2D eigenvalue weighted by atomic mass is 10.2. The summed E-state index contributed by atoms with van der Waals surface area (Å²) < 4.78 is 10.3. The van der Waals surface area contributed by atoms with Crippen LogP contribution in [0, 0.1) is 6.92 Å². The van der Waals surface area contributed by atoms with E-state index in [1.807, 2.05) is 0 Å². The molecule has 26 heavy (non-hydrogen) atoms. The maximum Gasteiger partial charge on any atom is 0.414 e. The largest absolute Gasteiger partial charge is 0.442 e. The van der Waals surface area contributed by atoms with Gasteiger partial charge in [-0.1, -0.05) is 5.16 Å². The highest BCUT2D eigenvalue weighted by Crippen LogP contribution is 2.25. The SMILES string of the molecule is CC(=O)NC(=O)NCC1CN(c2ccc(-c3nc(C)no3)cc2)C(=O)O1. The van der Waals surface area contributed by atoms with Crippen molar-refractivity contribution in [2.24, 2.45) is 0 Å². The number of urea groups is 1. The quantitative estimate of drug-likeness (QED) is 0.840. The Bertz CT molecular complexity index is 832. The maximum absolute atomic E-state index is 12.0. The van der Waals surface area contributed by atoms with Gasteiger partial charge in [0.1, 0.15) is 6.10 Å². The highest BCUT2D eigenvalue weighted by atomic mass is 16.6. The monoisotopic (exact) mass is 359 g/mol. The molecule has 2 N–H and O–H groups in total. The molecule has 1 unspecified atom stereocenters. The molecule has 0 aliphatic carbocycles. The molecule has 2 heterocycles. The van der Waals surface area contributed by atoms with Crippen molar-refractivity contribution in [3.8, 4) is 11.5 Å². The number of cyclic esters (lactones) is 1. The predicted molar refractivity (Wildman–Crippen MR) is 89.3 cm³/mol. The molecule has 1 aromatic carbocycles. The second kappa shape index (κ2) is 7.21. The Balaban J connectivity index is 1.60. The van der Waals surface area contributed by atoms with Gasteiger partial charge in [0.05, 0.1) is 13.1 Å². The molecule has 0 saturated carbocycles. The number of aryl methyl sites for hydroxylation is 1. The van der Waals surface area contributed by atoms with Gasteiger partial charge in [-0.3, -0.25) is 15.0 Å². The molecule has 1 aliphatic rings. The Kier molecular flexibility index (Phi) is 4.83. The van der Waals surface area contributed by atoms with Gasteiger partial charge in [-0.25, -0.2) is 9.59 Å². The molecule has 2 aromatic rings. The molecule has 0 bridgehead atoms. The molecule has 10 heteroatoms. The van der Waals surface area contributed by atoms with Crippen LogP contribution >= 0.6 is 0 Å². The fraction of sp³-hybridized carbons (Fsp3) is 0.312. The molecule has 0 radical (unpaired) electrons. The molecule has 1 atom stereocenters. The van der Waals surface area contributed by atoms with E-state index in [4.69, 9.17) is 9.26 Å². The molecular formula is C16H17N5O5. The minimum absolute atomic E-state index is 0.0979. The molecule has 1 aromatic heterocycles. The van der Waals surface area contributed by atoms with Crippen LogP contribution in [-0.2, 0) is 9.53 Å². The Hall–Kier alpha value is -3.43. The summed E-state index contributed by atoms with van der Waals surface area (Å²) >= 11 is 0. The summed E-state index contributed by atoms with van der Waals surface area (Å²) in [5.74, 6) is 0.469. The number of hydrogen-bond acceptors (Lipinski definition) is 7. The zero-order valence-corrected chi connectivity index (χ0v) is 14.2. The molecular weight excluding hydrogens is 342 g/mol. The summed E-state index contributed by atoms with van der Waals surface area (Å²) in [6.45, 7) is 3.33. The molecule has 1 fully saturated rings. The number of carbonyl (C=O) groups is 3. The smallest absolute Gasteiger partial charge is 0.414 e. The number of anilines is 1. The van der Waals surface area contributed by atoms with Crippen LogP contribution in [0.15, 0.2) is 28.8 Å². The van der Waals surface area contributed by atoms with E-state index in [0.717, 1.165) is 5.56 Å². The van der Waals surface area contributed by atoms with Crippen molar-refractivity contribution >= 4 is 23.7 Å². The lowest BCUT2D eigenvalue weighted by Gasteiger charge is -2.13. The minimum atomic E-state index is -0.633. The Morgan fingerprint density at radius 1 is 1.31 bits per heavy atom. The van der Waals surface area contributed by atoms with Crippen LogP contribution in [-0.4, -0.2) is 47.4 Å². The molecule has 1 saturated heterocycles. The van der Waals surface area contributed by atoms with Crippen LogP contribution in [0.1, 0.15) is 12.7 Å². The summed E-state index contributed by atoms with van der Waals surface area (Å²) in [5, 5.41) is 8.30. The van der Waals surface area contributed by atoms with Crippen molar-refractivity contribution in [1.29, 1.82) is 0 Å². The van der Waals surface area contributed by atoms with Gasteiger partial charge in [-0.15, -0.1) is 0 Å². The van der Waals surface area contributed by atoms with Gasteiger partial charge in [-0.2, -0.15) is 4.98 Å². The van der Waals surface area contributed by atoms with E-state index >= 15 is 0 Å². The van der Waals surface area contributed by atoms with E-state index in [1.165, 1.54) is 11.8 Å². The number of carbonyl (C=O) groups excluding carboxylic acids is 3. The molecule has 3 rings (SSSR count). The number of hydrogen-bond donors (Lipinski definition) is 2. The molecule has 10 nitrogen and oxygen atoms in total. The molecule has 0 spiro atoms. The predicted octanol–water partition coefficient (Wildman–Crippen LogP) is 1.22. The van der Waals surface area contributed by atoms with E-state index < -0.39 is 24.1 Å². The van der Waals surface area contributed by atoms with Gasteiger partial charge in [0, 0.05) is 18.2 Å². The van der Waals surface area contributed by atoms with Gasteiger partial charge >= 0.3 is 12.1 Å². The fourth-order valence-electron chi connectivity index (χ4n) is 2.45. The summed E-state index contributed by atoms with van der Waals surface area (Å²) in [6.07, 6.45) is -1.02. The van der Waals surface area contributed by atoms with E-state index in [1.54, 1.807) is 31.2 Å². The van der Waals surface area contributed by atoms with E-state index in [0.29, 0.717) is 17.4 Å². The number of amides is 4. The van der Waals surface area contributed by atoms with Crippen molar-refractivity contribution in [2.75, 3.05) is 18.0 Å². The normalized spacial score (nSPS) is 16.3. The molecule has 1 aliphatic heterocycles. The van der Waals surface area contributed by atoms with Crippen LogP contribution in [0.4, 0.5) is 15.3 Å². The number of ether oxygens (including phenoxy) is 1. The van der Waals surface area contributed by atoms with E-state index in [-0.39, 0.29) is 13.1 Å². The first-order chi connectivity index (χ1) is 12.4. The van der Waals surface area contributed by atoms with Gasteiger partial charge < -0.3 is 14.6 Å². The first-order valence-electron chi connectivity index (χ1n) is 7.86. The van der Waals surface area contributed by atoms with Crippen LogP contribution in [0.3, 0.4) is 0 Å². The number of rotatable bonds is 4. The van der Waals surface area contributed by atoms with Crippen molar-refractivity contribution in [2.45, 2.75) is 20.0 Å². The Labute approximate surface area is 148 Å². The van der Waals surface area contributed by atoms with Gasteiger partial charge in [0.15, 0.2) is 5.82 Å². The van der Waals surface area contributed by atoms with Gasteiger partial charge in [0.25, 0.3) is 5.89 Å². The topological polar surface area (TPSA) is 127 Å². The third kappa shape index (κ3) is 3.97. The standard InChI is InChI=1S/C16H17N5O5/c1-9-18-14(26-20-9)11-3-5-12(6-4-11)21-8-13(25-16(21)24)7-17-15(23)19-10(2)22/h3-6,13H,7-8H2,1-2H3,(H2,17,19,22,23). The minimum Gasteiger partial charge on any atom is -0.442 e. The van der Waals surface area contributed by atoms with Crippen molar-refractivity contribution in [3.05, 3.63) is 30.1 Å². The van der Waals surface area contributed by atoms with Gasteiger partial charge in [0.2, 0.25) is 5.91 Å². The van der Waals surface area contributed by atoms with Crippen LogP contribution < -0.4 is 15.5 Å². The highest BCUT2D eigenvalue weighted by Gasteiger charge is 2.32. The van der Waals surface area contributed by atoms with Crippen molar-refractivity contribution < 1.29 is 23.6 Å². The second-order valence-corrected chi connectivity index (χ2v) is 5.70. The third-order valence-electron chi connectivity index (χ3n) is 3.61. The fourth-order valence-corrected chi connectivity index (χ4v) is 2.45. The molecule has 136 valence electrons. The average molecular weight is 359 g/mol. The second-order valence-electron chi connectivity index (χ2n) is 5.70. The third-order valence-corrected chi connectivity index (χ3v) is 3.61. The van der Waals surface area contributed by atoms with Gasteiger partial charge in [-0.05, 0) is 31.2 Å². The lowest BCUT2D eigenvalue weighted by Crippen LogP contribution is -2.42. The number of aromatic nitrogens is 2. The van der Waals surface area contributed by atoms with Crippen molar-refractivity contribution in [3.63, 3.8) is 0 Å². The Morgan fingerprint density at radius 3 is 2.65 bits per heavy atom. The zero-order chi connectivity index (χ0) is 18.7. The Morgan fingerprint density at radius 2 is 2.04 bits per heavy atom. The van der Waals surface area contributed by atoms with Crippen LogP contribution in [0.25, 0.3) is 11.5 Å². The first-order valence-corrected chi connectivity index (χ1v) is 7.86. The zero-order valence-electron chi connectivity index (χ0n) is 14.2. The highest BCUT2D eigenvalue weighted by molar-refractivity contribution is 5.93. The average Bonchev–Trinajstić information content (AvgIpc) is 3.18. The number of nitrogens with zero attached hydrogens (tertiary/aromatic N) is 3. The lowest BCUT2D eigenvalue weighted by molar-refractivity contribution is -0.117. The number of benzene rings is 1. The summed E-state index contributed by atoms with van der Waals surface area (Å²) in [4.78, 5) is 39.8. The van der Waals surface area contributed by atoms with Crippen LogP contribution in [0.5, 0.6) is 0 Å². The summed E-state index contributed by atoms with van der Waals surface area (Å²) in [6, 6.07) is 6.39. The van der Waals surface area contributed by atoms with E-state index in [2.05, 4.69) is 20.8 Å². The first kappa shape index (κ1) is 17.4. The number of nitrogens with one attached hydrogen (secondary N) is 2. The molecule has 4 amide bonds. The summed E-state index contributed by atoms with van der Waals surface area (Å²) in [7, 11) is 0. The van der Waals surface area contributed by atoms with Crippen LogP contribution in [0.2, 0.25) is 0 Å². The summed E-state index contributed by atoms with van der Waals surface area (Å²) in [5.41, 5.74) is 1.38. The van der Waals surface area contributed by atoms with E-state index in [9.17, 15) is 14.4 Å².